The van der Waals surface area contributed by atoms with E-state index >= 15 is 0 Å². The zero-order valence-corrected chi connectivity index (χ0v) is 14.1. The average molecular weight is 309 g/mol. The highest BCUT2D eigenvalue weighted by Crippen LogP contribution is 2.27. The van der Waals surface area contributed by atoms with Crippen molar-refractivity contribution < 1.29 is 14.9 Å². The molecule has 0 atom stereocenters. The molecule has 0 fully saturated rings. The third-order valence-corrected chi connectivity index (χ3v) is 3.73. The molecule has 0 aliphatic rings. The fourth-order valence-electron chi connectivity index (χ4n) is 2.43. The van der Waals surface area contributed by atoms with Crippen LogP contribution in [-0.2, 0) is 10.3 Å². The second-order valence-corrected chi connectivity index (χ2v) is 6.61. The van der Waals surface area contributed by atoms with Crippen molar-refractivity contribution in [2.24, 2.45) is 0 Å². The number of nitrogens with two attached hydrogens (primary N) is 1. The third kappa shape index (κ3) is 4.98. The molecule has 1 rings (SSSR count). The first-order chi connectivity index (χ1) is 10.2. The quantitative estimate of drug-likeness (QED) is 0.453. The number of hydrogen-bond donors (Lipinski definition) is 2. The smallest absolute Gasteiger partial charge is 0.374 e. The van der Waals surface area contributed by atoms with Crippen molar-refractivity contribution in [1.29, 1.82) is 0 Å². The van der Waals surface area contributed by atoms with E-state index in [1.165, 1.54) is 0 Å². The van der Waals surface area contributed by atoms with Crippen LogP contribution in [0.25, 0.3) is 0 Å². The number of anilines is 1. The predicted octanol–water partition coefficient (Wildman–Crippen LogP) is 1.67. The molecular weight excluding hydrogens is 282 g/mol. The minimum atomic E-state index is -0.843. The summed E-state index contributed by atoms with van der Waals surface area (Å²) in [5.41, 5.74) is 7.29. The molecule has 0 aliphatic carbocycles. The van der Waals surface area contributed by atoms with Gasteiger partial charge in [-0.05, 0) is 38.8 Å². The molecule has 0 amide bonds. The lowest BCUT2D eigenvalue weighted by Crippen LogP contribution is -2.38. The van der Waals surface area contributed by atoms with E-state index in [9.17, 15) is 4.79 Å². The molecule has 22 heavy (non-hydrogen) atoms. The molecule has 6 nitrogen and oxygen atoms in total. The maximum atomic E-state index is 11.4. The number of likely N-dealkylation sites (N-methyl/N-ethyl adjacent to an activating group) is 2. The van der Waals surface area contributed by atoms with Gasteiger partial charge in [0.25, 0.3) is 0 Å². The fourth-order valence-corrected chi connectivity index (χ4v) is 2.43. The highest BCUT2D eigenvalue weighted by atomic mass is 17.1. The Hall–Kier alpha value is -1.63. The van der Waals surface area contributed by atoms with E-state index in [1.54, 1.807) is 12.1 Å². The Morgan fingerprint density at radius 1 is 1.27 bits per heavy atom. The van der Waals surface area contributed by atoms with Gasteiger partial charge in [-0.25, -0.2) is 4.79 Å². The van der Waals surface area contributed by atoms with Crippen LogP contribution in [0, 0.1) is 0 Å². The van der Waals surface area contributed by atoms with Gasteiger partial charge in [0.2, 0.25) is 0 Å². The summed E-state index contributed by atoms with van der Waals surface area (Å²) in [5.74, 6) is -0.843. The van der Waals surface area contributed by atoms with Gasteiger partial charge in [-0.15, -0.1) is 0 Å². The van der Waals surface area contributed by atoms with Crippen LogP contribution in [0.4, 0.5) is 5.69 Å². The zero-order chi connectivity index (χ0) is 16.9. The lowest BCUT2D eigenvalue weighted by atomic mass is 9.83. The van der Waals surface area contributed by atoms with E-state index in [1.807, 2.05) is 6.07 Å². The molecule has 3 N–H and O–H groups in total. The van der Waals surface area contributed by atoms with Crippen molar-refractivity contribution in [3.63, 3.8) is 0 Å². The lowest BCUT2D eigenvalue weighted by Gasteiger charge is -2.31. The summed E-state index contributed by atoms with van der Waals surface area (Å²) in [6, 6.07) is 5.21. The summed E-state index contributed by atoms with van der Waals surface area (Å²) < 4.78 is 0. The first kappa shape index (κ1) is 18.4. The van der Waals surface area contributed by atoms with Crippen molar-refractivity contribution in [3.05, 3.63) is 29.3 Å². The molecule has 0 bridgehead atoms. The second-order valence-electron chi connectivity index (χ2n) is 6.61. The van der Waals surface area contributed by atoms with Crippen molar-refractivity contribution in [2.75, 3.05) is 46.5 Å². The number of benzene rings is 1. The van der Waals surface area contributed by atoms with Crippen LogP contribution in [-0.4, -0.2) is 61.8 Å². The highest BCUT2D eigenvalue weighted by molar-refractivity contribution is 5.94. The van der Waals surface area contributed by atoms with Gasteiger partial charge in [0.15, 0.2) is 0 Å². The van der Waals surface area contributed by atoms with Crippen molar-refractivity contribution in [3.8, 4) is 0 Å². The normalized spacial score (nSPS) is 12.0. The van der Waals surface area contributed by atoms with Gasteiger partial charge in [-0.1, -0.05) is 19.9 Å². The van der Waals surface area contributed by atoms with Gasteiger partial charge in [0, 0.05) is 30.7 Å². The fraction of sp³-hybridized carbons (Fsp3) is 0.562. The Morgan fingerprint density at radius 3 is 2.41 bits per heavy atom. The Labute approximate surface area is 132 Å². The summed E-state index contributed by atoms with van der Waals surface area (Å²) in [4.78, 5) is 19.5. The Balaban J connectivity index is 2.84. The minimum Gasteiger partial charge on any atom is -0.398 e. The van der Waals surface area contributed by atoms with Crippen molar-refractivity contribution in [2.45, 2.75) is 19.3 Å². The zero-order valence-electron chi connectivity index (χ0n) is 14.1. The number of hydrogen-bond acceptors (Lipinski definition) is 6. The standard InChI is InChI=1S/C16H27N3O3/c1-16(2,11-19(5)9-8-18(3)4)12-6-7-13(14(17)10-12)15(20)22-21/h6-7,10,21H,8-9,11,17H2,1-5H3. The molecule has 0 saturated heterocycles. The molecule has 1 aromatic carbocycles. The predicted molar refractivity (Wildman–Crippen MR) is 88.0 cm³/mol. The molecule has 6 heteroatoms. The molecule has 0 heterocycles. The molecule has 0 aromatic heterocycles. The van der Waals surface area contributed by atoms with Crippen LogP contribution in [0.15, 0.2) is 18.2 Å². The van der Waals surface area contributed by atoms with Crippen molar-refractivity contribution >= 4 is 11.7 Å². The number of nitrogen functional groups attached to an aromatic ring is 1. The van der Waals surface area contributed by atoms with Crippen LogP contribution in [0.2, 0.25) is 0 Å². The lowest BCUT2D eigenvalue weighted by molar-refractivity contribution is -0.182. The van der Waals surface area contributed by atoms with E-state index < -0.39 is 5.97 Å². The van der Waals surface area contributed by atoms with Gasteiger partial charge >= 0.3 is 5.97 Å². The third-order valence-electron chi connectivity index (χ3n) is 3.73. The summed E-state index contributed by atoms with van der Waals surface area (Å²) >= 11 is 0. The molecule has 0 saturated carbocycles. The SMILES string of the molecule is CN(C)CCN(C)CC(C)(C)c1ccc(C(=O)OO)c(N)c1. The van der Waals surface area contributed by atoms with Crippen LogP contribution in [0.5, 0.6) is 0 Å². The highest BCUT2D eigenvalue weighted by Gasteiger charge is 2.24. The van der Waals surface area contributed by atoms with Gasteiger partial charge in [0.1, 0.15) is 0 Å². The van der Waals surface area contributed by atoms with Crippen molar-refractivity contribution in [1.82, 2.24) is 9.80 Å². The summed E-state index contributed by atoms with van der Waals surface area (Å²) in [5, 5.41) is 8.45. The summed E-state index contributed by atoms with van der Waals surface area (Å²) in [6.07, 6.45) is 0. The van der Waals surface area contributed by atoms with Gasteiger partial charge in [0.05, 0.1) is 5.56 Å². The van der Waals surface area contributed by atoms with Crippen LogP contribution in [0.1, 0.15) is 29.8 Å². The summed E-state index contributed by atoms with van der Waals surface area (Å²) in [6.45, 7) is 7.11. The molecule has 0 radical (unpaired) electrons. The Bertz CT molecular complexity index is 515. The monoisotopic (exact) mass is 309 g/mol. The topological polar surface area (TPSA) is 79.0 Å². The number of rotatable bonds is 7. The van der Waals surface area contributed by atoms with E-state index in [4.69, 9.17) is 11.0 Å². The van der Waals surface area contributed by atoms with E-state index in [0.717, 1.165) is 25.2 Å². The maximum absolute atomic E-state index is 11.4. The van der Waals surface area contributed by atoms with Crippen LogP contribution < -0.4 is 5.73 Å². The number of carbonyl (C=O) groups excluding carboxylic acids is 1. The first-order valence-electron chi connectivity index (χ1n) is 7.26. The van der Waals surface area contributed by atoms with Gasteiger partial charge in [-0.3, -0.25) is 4.89 Å². The van der Waals surface area contributed by atoms with Gasteiger partial charge in [-0.2, -0.15) is 5.26 Å². The molecule has 0 aliphatic heterocycles. The van der Waals surface area contributed by atoms with E-state index in [0.29, 0.717) is 5.69 Å². The average Bonchev–Trinajstić information content (AvgIpc) is 2.43. The van der Waals surface area contributed by atoms with Crippen LogP contribution >= 0.6 is 0 Å². The molecular formula is C16H27N3O3. The molecule has 0 unspecified atom stereocenters. The molecule has 124 valence electrons. The summed E-state index contributed by atoms with van der Waals surface area (Å²) in [7, 11) is 6.20. The maximum Gasteiger partial charge on any atom is 0.374 e. The van der Waals surface area contributed by atoms with Gasteiger partial charge < -0.3 is 15.5 Å². The Morgan fingerprint density at radius 2 is 1.91 bits per heavy atom. The molecule has 1 aromatic rings. The van der Waals surface area contributed by atoms with E-state index in [2.05, 4.69) is 49.7 Å². The second kappa shape index (κ2) is 7.58. The number of carbonyl (C=O) groups is 1. The molecule has 0 spiro atoms. The van der Waals surface area contributed by atoms with Crippen LogP contribution in [0.3, 0.4) is 0 Å². The first-order valence-corrected chi connectivity index (χ1v) is 7.26. The largest absolute Gasteiger partial charge is 0.398 e. The number of nitrogens with zero attached hydrogens (tertiary/aromatic N) is 2. The Kier molecular flexibility index (Phi) is 6.34. The minimum absolute atomic E-state index is 0.114. The van der Waals surface area contributed by atoms with E-state index in [-0.39, 0.29) is 11.0 Å².